The van der Waals surface area contributed by atoms with Crippen molar-refractivity contribution in [3.63, 3.8) is 0 Å². The van der Waals surface area contributed by atoms with Crippen LogP contribution in [0.25, 0.3) is 0 Å². The normalized spacial score (nSPS) is 21.8. The molecule has 1 aliphatic carbocycles. The molecule has 2 aliphatic rings. The van der Waals surface area contributed by atoms with Gasteiger partial charge in [0.15, 0.2) is 11.6 Å². The number of rotatable bonds is 5. The van der Waals surface area contributed by atoms with Crippen molar-refractivity contribution in [1.29, 1.82) is 0 Å². The maximum absolute atomic E-state index is 5.83. The predicted octanol–water partition coefficient (Wildman–Crippen LogP) is 2.02. The van der Waals surface area contributed by atoms with Gasteiger partial charge in [0.1, 0.15) is 6.04 Å². The fourth-order valence-electron chi connectivity index (χ4n) is 3.06. The van der Waals surface area contributed by atoms with Gasteiger partial charge in [0.05, 0.1) is 6.10 Å². The molecule has 25 heavy (non-hydrogen) atoms. The van der Waals surface area contributed by atoms with E-state index in [4.69, 9.17) is 9.26 Å². The molecule has 3 heterocycles. The second-order valence-corrected chi connectivity index (χ2v) is 7.06. The molecule has 4 rings (SSSR count). The summed E-state index contributed by atoms with van der Waals surface area (Å²) in [7, 11) is 2.09. The Labute approximate surface area is 147 Å². The number of hydrogen-bond acceptors (Lipinski definition) is 8. The fraction of sp³-hybridized carbons (Fsp3) is 0.647. The third-order valence-electron chi connectivity index (χ3n) is 4.63. The summed E-state index contributed by atoms with van der Waals surface area (Å²) in [5, 5.41) is 4.16. The Morgan fingerprint density at radius 2 is 2.00 bits per heavy atom. The minimum Gasteiger partial charge on any atom is -0.472 e. The van der Waals surface area contributed by atoms with Crippen molar-refractivity contribution in [2.24, 2.45) is 0 Å². The Morgan fingerprint density at radius 1 is 1.20 bits per heavy atom. The first-order valence-electron chi connectivity index (χ1n) is 8.88. The molecule has 1 saturated carbocycles. The first-order chi connectivity index (χ1) is 12.1. The van der Waals surface area contributed by atoms with E-state index in [1.165, 1.54) is 12.8 Å². The zero-order valence-electron chi connectivity index (χ0n) is 14.9. The van der Waals surface area contributed by atoms with Crippen LogP contribution in [0.2, 0.25) is 0 Å². The highest BCUT2D eigenvalue weighted by Gasteiger charge is 2.35. The van der Waals surface area contributed by atoms with Gasteiger partial charge in [-0.2, -0.15) is 4.98 Å². The van der Waals surface area contributed by atoms with Crippen LogP contribution in [0, 0.1) is 0 Å². The van der Waals surface area contributed by atoms with Crippen LogP contribution in [-0.4, -0.2) is 57.8 Å². The number of hydrogen-bond donors (Lipinski definition) is 0. The smallest absolute Gasteiger partial charge is 0.257 e. The summed E-state index contributed by atoms with van der Waals surface area (Å²) in [6, 6.07) is 0.0441. The van der Waals surface area contributed by atoms with Gasteiger partial charge in [0, 0.05) is 37.9 Å². The Hall–Kier alpha value is -2.22. The van der Waals surface area contributed by atoms with Crippen molar-refractivity contribution in [2.45, 2.75) is 44.8 Å². The average molecular weight is 344 g/mol. The number of aromatic nitrogens is 4. The van der Waals surface area contributed by atoms with E-state index >= 15 is 0 Å². The molecular formula is C17H24N6O2. The SMILES string of the molecule is CC(C)Oc1nccnc1N1CCN(C)[C@@H](c2nc(C3CC3)no2)C1. The van der Waals surface area contributed by atoms with E-state index in [0.29, 0.717) is 17.7 Å². The number of anilines is 1. The van der Waals surface area contributed by atoms with Gasteiger partial charge < -0.3 is 14.2 Å². The zero-order chi connectivity index (χ0) is 17.4. The lowest BCUT2D eigenvalue weighted by molar-refractivity contribution is 0.175. The Kier molecular flexibility index (Phi) is 4.29. The van der Waals surface area contributed by atoms with E-state index in [0.717, 1.165) is 31.3 Å². The summed E-state index contributed by atoms with van der Waals surface area (Å²) in [6.07, 6.45) is 5.75. The Balaban J connectivity index is 1.55. The Bertz CT molecular complexity index is 729. The van der Waals surface area contributed by atoms with Gasteiger partial charge in [0.25, 0.3) is 5.88 Å². The van der Waals surface area contributed by atoms with Gasteiger partial charge >= 0.3 is 0 Å². The van der Waals surface area contributed by atoms with Gasteiger partial charge in [-0.05, 0) is 33.7 Å². The van der Waals surface area contributed by atoms with Crippen LogP contribution < -0.4 is 9.64 Å². The van der Waals surface area contributed by atoms with Crippen LogP contribution >= 0.6 is 0 Å². The summed E-state index contributed by atoms with van der Waals surface area (Å²) in [5.74, 6) is 3.38. The van der Waals surface area contributed by atoms with Gasteiger partial charge in [-0.1, -0.05) is 5.16 Å². The number of ether oxygens (including phenoxy) is 1. The number of likely N-dealkylation sites (N-methyl/N-ethyl adjacent to an activating group) is 1. The number of nitrogens with zero attached hydrogens (tertiary/aromatic N) is 6. The molecule has 0 radical (unpaired) electrons. The average Bonchev–Trinajstić information content (AvgIpc) is 3.33. The molecule has 1 saturated heterocycles. The standard InChI is InChI=1S/C17H24N6O2/c1-11(2)24-17-15(18-6-7-19-17)23-9-8-22(3)13(10-23)16-20-14(21-25-16)12-4-5-12/h6-7,11-13H,4-5,8-10H2,1-3H3/t13-/m1/s1. The highest BCUT2D eigenvalue weighted by molar-refractivity contribution is 5.48. The predicted molar refractivity (Wildman–Crippen MR) is 91.7 cm³/mol. The van der Waals surface area contributed by atoms with Crippen LogP contribution in [0.3, 0.4) is 0 Å². The van der Waals surface area contributed by atoms with Gasteiger partial charge in [-0.25, -0.2) is 9.97 Å². The zero-order valence-corrected chi connectivity index (χ0v) is 14.9. The monoisotopic (exact) mass is 344 g/mol. The molecule has 1 aliphatic heterocycles. The third kappa shape index (κ3) is 3.44. The van der Waals surface area contributed by atoms with Crippen molar-refractivity contribution in [3.05, 3.63) is 24.1 Å². The molecule has 0 spiro atoms. The van der Waals surface area contributed by atoms with Crippen molar-refractivity contribution in [1.82, 2.24) is 25.0 Å². The molecule has 0 unspecified atom stereocenters. The van der Waals surface area contributed by atoms with Crippen molar-refractivity contribution in [3.8, 4) is 5.88 Å². The van der Waals surface area contributed by atoms with E-state index < -0.39 is 0 Å². The van der Waals surface area contributed by atoms with Gasteiger partial charge in [0.2, 0.25) is 5.89 Å². The van der Waals surface area contributed by atoms with Crippen LogP contribution in [0.15, 0.2) is 16.9 Å². The second-order valence-electron chi connectivity index (χ2n) is 7.06. The van der Waals surface area contributed by atoms with Crippen molar-refractivity contribution in [2.75, 3.05) is 31.6 Å². The molecule has 0 bridgehead atoms. The van der Waals surface area contributed by atoms with E-state index in [2.05, 4.69) is 37.0 Å². The molecule has 1 atom stereocenters. The molecule has 134 valence electrons. The summed E-state index contributed by atoms with van der Waals surface area (Å²) in [5.41, 5.74) is 0. The Morgan fingerprint density at radius 3 is 2.76 bits per heavy atom. The second kappa shape index (κ2) is 6.59. The summed E-state index contributed by atoms with van der Waals surface area (Å²) >= 11 is 0. The van der Waals surface area contributed by atoms with Gasteiger partial charge in [-0.15, -0.1) is 0 Å². The summed E-state index contributed by atoms with van der Waals surface area (Å²) in [4.78, 5) is 17.9. The molecule has 0 amide bonds. The minimum absolute atomic E-state index is 0.0441. The summed E-state index contributed by atoms with van der Waals surface area (Å²) < 4.78 is 11.4. The topological polar surface area (TPSA) is 80.4 Å². The highest BCUT2D eigenvalue weighted by atomic mass is 16.5. The minimum atomic E-state index is 0.0441. The van der Waals surface area contributed by atoms with Crippen LogP contribution in [0.4, 0.5) is 5.82 Å². The maximum atomic E-state index is 5.83. The first-order valence-corrected chi connectivity index (χ1v) is 8.88. The molecule has 8 nitrogen and oxygen atoms in total. The highest BCUT2D eigenvalue weighted by Crippen LogP contribution is 2.39. The molecule has 8 heteroatoms. The number of piperazine rings is 1. The van der Waals surface area contributed by atoms with Crippen molar-refractivity contribution >= 4 is 5.82 Å². The molecular weight excluding hydrogens is 320 g/mol. The van der Waals surface area contributed by atoms with Crippen LogP contribution in [0.1, 0.15) is 50.4 Å². The van der Waals surface area contributed by atoms with E-state index in [-0.39, 0.29) is 12.1 Å². The fourth-order valence-corrected chi connectivity index (χ4v) is 3.06. The molecule has 2 aromatic heterocycles. The van der Waals surface area contributed by atoms with E-state index in [1.54, 1.807) is 12.4 Å². The third-order valence-corrected chi connectivity index (χ3v) is 4.63. The van der Waals surface area contributed by atoms with Gasteiger partial charge in [-0.3, -0.25) is 4.90 Å². The lowest BCUT2D eigenvalue weighted by Crippen LogP contribution is -2.47. The van der Waals surface area contributed by atoms with Crippen LogP contribution in [0.5, 0.6) is 5.88 Å². The maximum Gasteiger partial charge on any atom is 0.257 e. The van der Waals surface area contributed by atoms with E-state index in [1.807, 2.05) is 13.8 Å². The molecule has 0 N–H and O–H groups in total. The lowest BCUT2D eigenvalue weighted by Gasteiger charge is -2.38. The largest absolute Gasteiger partial charge is 0.472 e. The molecule has 0 aromatic carbocycles. The first kappa shape index (κ1) is 16.3. The molecule has 2 aromatic rings. The van der Waals surface area contributed by atoms with Crippen molar-refractivity contribution < 1.29 is 9.26 Å². The molecule has 2 fully saturated rings. The summed E-state index contributed by atoms with van der Waals surface area (Å²) in [6.45, 7) is 6.43. The lowest BCUT2D eigenvalue weighted by atomic mass is 10.1. The quantitative estimate of drug-likeness (QED) is 0.815. The van der Waals surface area contributed by atoms with Crippen LogP contribution in [-0.2, 0) is 0 Å². The van der Waals surface area contributed by atoms with E-state index in [9.17, 15) is 0 Å².